The Labute approximate surface area is 360 Å². The monoisotopic (exact) mass is 883 g/mol. The molecule has 4 aliphatic rings. The fourth-order valence-corrected chi connectivity index (χ4v) is 9.73. The molecule has 2 aromatic rings. The molecule has 0 radical (unpaired) electrons. The molecule has 12 atom stereocenters. The van der Waals surface area contributed by atoms with Crippen LogP contribution in [0.3, 0.4) is 0 Å². The normalized spacial score (nSPS) is 35.8. The van der Waals surface area contributed by atoms with Crippen LogP contribution in [0.25, 0.3) is 0 Å². The van der Waals surface area contributed by atoms with Crippen LogP contribution in [-0.2, 0) is 77.8 Å². The number of pyridine rings is 1. The van der Waals surface area contributed by atoms with Crippen LogP contribution in [0.15, 0.2) is 48.7 Å². The third kappa shape index (κ3) is 7.99. The van der Waals surface area contributed by atoms with Crippen molar-refractivity contribution in [1.82, 2.24) is 4.98 Å². The van der Waals surface area contributed by atoms with E-state index in [1.54, 1.807) is 6.07 Å². The van der Waals surface area contributed by atoms with Gasteiger partial charge in [0.25, 0.3) is 0 Å². The first kappa shape index (κ1) is 46.5. The second-order valence-corrected chi connectivity index (χ2v) is 16.7. The second-order valence-electron chi connectivity index (χ2n) is 16.7. The Morgan fingerprint density at radius 2 is 1.33 bits per heavy atom. The Bertz CT molecular complexity index is 2190. The molecular weight excluding hydrogens is 834 g/mol. The van der Waals surface area contributed by atoms with Crippen molar-refractivity contribution < 1.29 is 91.2 Å². The van der Waals surface area contributed by atoms with Crippen molar-refractivity contribution in [1.29, 1.82) is 0 Å². The Morgan fingerprint density at radius 3 is 1.92 bits per heavy atom. The van der Waals surface area contributed by atoms with Gasteiger partial charge >= 0.3 is 47.8 Å². The molecule has 340 valence electrons. The summed E-state index contributed by atoms with van der Waals surface area (Å²) in [5.74, 6) is -10.5. The summed E-state index contributed by atoms with van der Waals surface area (Å²) in [5, 5.41) is 25.4. The first-order chi connectivity index (χ1) is 29.4. The Morgan fingerprint density at radius 1 is 0.746 bits per heavy atom. The van der Waals surface area contributed by atoms with Gasteiger partial charge in [-0.15, -0.1) is 0 Å². The Balaban J connectivity index is 1.79. The first-order valence-corrected chi connectivity index (χ1v) is 20.0. The molecule has 2 aliphatic carbocycles. The number of fused-ring (bicyclic) bond motifs is 5. The summed E-state index contributed by atoms with van der Waals surface area (Å²) >= 11 is 0. The van der Waals surface area contributed by atoms with Crippen LogP contribution in [0.5, 0.6) is 0 Å². The molecule has 20 heteroatoms. The zero-order chi connectivity index (χ0) is 46.4. The van der Waals surface area contributed by atoms with Crippen molar-refractivity contribution in [2.45, 2.75) is 127 Å². The van der Waals surface area contributed by atoms with Crippen LogP contribution < -0.4 is 0 Å². The van der Waals surface area contributed by atoms with Gasteiger partial charge in [0.15, 0.2) is 35.6 Å². The van der Waals surface area contributed by atoms with Crippen LogP contribution in [0, 0.1) is 11.3 Å². The van der Waals surface area contributed by atoms with Gasteiger partial charge in [-0.25, -0.2) is 14.4 Å². The van der Waals surface area contributed by atoms with E-state index >= 15 is 0 Å². The number of nitrogens with zero attached hydrogens (tertiary/aromatic N) is 1. The first-order valence-electron chi connectivity index (χ1n) is 20.0. The van der Waals surface area contributed by atoms with Crippen molar-refractivity contribution in [3.63, 3.8) is 0 Å². The second kappa shape index (κ2) is 16.9. The minimum absolute atomic E-state index is 0.0847. The maximum absolute atomic E-state index is 14.5. The SMILES string of the molecule is CC(=O)OC[C@]12[C@H](OC(C)=O)[C@H](OC(C)=O)C3[C@@H](OC(C)=O)[C@@]14OC3(C)COC(=O)c1cccnc1CCC(C)(O)C(=O)O[C@@H]([C@H](OC(=O)c1ccccc1)[C@@H]2OC(C)=O)[C@]4(C)O. The number of rotatable bonds is 8. The molecule has 2 aliphatic heterocycles. The van der Waals surface area contributed by atoms with Gasteiger partial charge in [-0.1, -0.05) is 18.2 Å². The van der Waals surface area contributed by atoms with E-state index in [4.69, 9.17) is 42.6 Å². The van der Waals surface area contributed by atoms with E-state index in [1.165, 1.54) is 49.5 Å². The summed E-state index contributed by atoms with van der Waals surface area (Å²) in [4.78, 5) is 113. The summed E-state index contributed by atoms with van der Waals surface area (Å²) in [5.41, 5.74) is -13.3. The molecule has 1 aromatic carbocycles. The predicted octanol–water partition coefficient (Wildman–Crippen LogP) is 1.27. The highest BCUT2D eigenvalue weighted by Gasteiger charge is 2.92. The van der Waals surface area contributed by atoms with Gasteiger partial charge in [0, 0.05) is 40.8 Å². The number of hydrogen-bond donors (Lipinski definition) is 2. The van der Waals surface area contributed by atoms with Gasteiger partial charge < -0.3 is 52.8 Å². The van der Waals surface area contributed by atoms with E-state index in [1.807, 2.05) is 0 Å². The van der Waals surface area contributed by atoms with Crippen molar-refractivity contribution >= 4 is 47.8 Å². The number of cyclic esters (lactones) is 1. The highest BCUT2D eigenvalue weighted by molar-refractivity contribution is 5.91. The van der Waals surface area contributed by atoms with Crippen LogP contribution >= 0.6 is 0 Å². The number of ether oxygens (including phenoxy) is 9. The largest absolute Gasteiger partial charge is 0.465 e. The molecule has 1 spiro atoms. The van der Waals surface area contributed by atoms with Crippen molar-refractivity contribution in [3.05, 3.63) is 65.5 Å². The maximum atomic E-state index is 14.5. The summed E-state index contributed by atoms with van der Waals surface area (Å²) < 4.78 is 54.9. The van der Waals surface area contributed by atoms with Gasteiger partial charge in [-0.05, 0) is 57.9 Å². The number of aromatic nitrogens is 1. The molecule has 3 unspecified atom stereocenters. The summed E-state index contributed by atoms with van der Waals surface area (Å²) in [6.07, 6.45) is -12.0. The fraction of sp³-hybridized carbons (Fsp3) is 0.558. The highest BCUT2D eigenvalue weighted by atomic mass is 16.7. The molecule has 0 amide bonds. The van der Waals surface area contributed by atoms with Gasteiger partial charge in [-0.3, -0.25) is 29.0 Å². The Hall–Kier alpha value is -5.99. The highest BCUT2D eigenvalue weighted by Crippen LogP contribution is 2.70. The predicted molar refractivity (Wildman–Crippen MR) is 207 cm³/mol. The van der Waals surface area contributed by atoms with E-state index in [9.17, 15) is 48.6 Å². The third-order valence-electron chi connectivity index (χ3n) is 12.2. The maximum Gasteiger partial charge on any atom is 0.340 e. The molecule has 3 fully saturated rings. The number of esters is 8. The molecule has 63 heavy (non-hydrogen) atoms. The lowest BCUT2D eigenvalue weighted by Crippen LogP contribution is -2.89. The standard InChI is InChI=1S/C43H49NO19/c1-21(45)55-20-42-34(59-24(4)48)30(57-22(2)46)29-32(58-23(3)47)43(42)41(8,54)33(31(35(42)60-25(5)49)61-36(50)26-13-10-9-11-14-26)62-38(52)39(6,53)17-16-28-27(15-12-18-44-28)37(51)56-19-40(29,7)63-43/h9-15,18,29-35,53-54H,16-17,19-20H2,1-8H3/t29?,30-,31+,32-,33+,34-,35+,39?,40?,41+,42-,43+/m1/s1. The van der Waals surface area contributed by atoms with Crippen LogP contribution in [0.4, 0.5) is 0 Å². The van der Waals surface area contributed by atoms with Crippen molar-refractivity contribution in [2.24, 2.45) is 11.3 Å². The van der Waals surface area contributed by atoms with Crippen molar-refractivity contribution in [3.8, 4) is 0 Å². The number of aryl methyl sites for hydroxylation is 1. The van der Waals surface area contributed by atoms with Crippen molar-refractivity contribution in [2.75, 3.05) is 13.2 Å². The molecule has 2 saturated carbocycles. The fourth-order valence-electron chi connectivity index (χ4n) is 9.73. The van der Waals surface area contributed by atoms with E-state index in [-0.39, 0.29) is 23.2 Å². The lowest BCUT2D eigenvalue weighted by Gasteiger charge is -2.67. The minimum atomic E-state index is -2.98. The van der Waals surface area contributed by atoms with Crippen LogP contribution in [0.2, 0.25) is 0 Å². The number of hydrogen-bond acceptors (Lipinski definition) is 20. The number of carbonyl (C=O) groups excluding carboxylic acids is 8. The van der Waals surface area contributed by atoms with Crippen LogP contribution in [0.1, 0.15) is 88.2 Å². The summed E-state index contributed by atoms with van der Waals surface area (Å²) in [7, 11) is 0. The molecular formula is C43H49NO19. The molecule has 4 bridgehead atoms. The van der Waals surface area contributed by atoms with Gasteiger partial charge in [-0.2, -0.15) is 0 Å². The molecule has 1 saturated heterocycles. The van der Waals surface area contributed by atoms with E-state index in [0.29, 0.717) is 0 Å². The molecule has 2 N–H and O–H groups in total. The topological polar surface area (TPSA) is 273 Å². The smallest absolute Gasteiger partial charge is 0.340 e. The Kier molecular flexibility index (Phi) is 12.5. The third-order valence-corrected chi connectivity index (χ3v) is 12.2. The van der Waals surface area contributed by atoms with E-state index < -0.39 is 138 Å². The number of carbonyl (C=O) groups is 8. The zero-order valence-electron chi connectivity index (χ0n) is 35.8. The van der Waals surface area contributed by atoms with Gasteiger partial charge in [0.05, 0.1) is 22.7 Å². The average Bonchev–Trinajstić information content (AvgIpc) is 3.42. The zero-order valence-corrected chi connectivity index (χ0v) is 35.8. The number of aliphatic hydroxyl groups is 2. The lowest BCUT2D eigenvalue weighted by molar-refractivity contribution is -0.386. The molecule has 3 heterocycles. The van der Waals surface area contributed by atoms with Gasteiger partial charge in [0.2, 0.25) is 0 Å². The molecule has 6 rings (SSSR count). The van der Waals surface area contributed by atoms with E-state index in [2.05, 4.69) is 4.98 Å². The quantitative estimate of drug-likeness (QED) is 0.279. The van der Waals surface area contributed by atoms with Gasteiger partial charge in [0.1, 0.15) is 42.0 Å². The lowest BCUT2D eigenvalue weighted by atomic mass is 9.45. The van der Waals surface area contributed by atoms with Crippen LogP contribution in [-0.4, -0.2) is 135 Å². The van der Waals surface area contributed by atoms with E-state index in [0.717, 1.165) is 48.5 Å². The summed E-state index contributed by atoms with van der Waals surface area (Å²) in [6.45, 7) is 6.37. The molecule has 20 nitrogen and oxygen atoms in total. The average molecular weight is 884 g/mol. The number of benzene rings is 1. The molecule has 1 aromatic heterocycles. The minimum Gasteiger partial charge on any atom is -0.465 e. The summed E-state index contributed by atoms with van der Waals surface area (Å²) in [6, 6.07) is 10.1.